The molecule has 0 atom stereocenters. The number of anilines is 1. The first-order valence-corrected chi connectivity index (χ1v) is 10.7. The number of rotatable bonds is 6. The van der Waals surface area contributed by atoms with Crippen molar-refractivity contribution in [1.29, 1.82) is 0 Å². The van der Waals surface area contributed by atoms with Crippen LogP contribution in [0.3, 0.4) is 0 Å². The third-order valence-electron chi connectivity index (χ3n) is 5.90. The first-order valence-electron chi connectivity index (χ1n) is 10.7. The monoisotopic (exact) mass is 436 g/mol. The van der Waals surface area contributed by atoms with Gasteiger partial charge in [-0.15, -0.1) is 0 Å². The van der Waals surface area contributed by atoms with Crippen LogP contribution in [0.15, 0.2) is 42.6 Å². The highest BCUT2D eigenvalue weighted by molar-refractivity contribution is 6.03. The lowest BCUT2D eigenvalue weighted by molar-refractivity contribution is -0.123. The summed E-state index contributed by atoms with van der Waals surface area (Å²) in [5, 5.41) is 17.3. The Bertz CT molecular complexity index is 1120. The van der Waals surface area contributed by atoms with Crippen molar-refractivity contribution >= 4 is 23.3 Å². The highest BCUT2D eigenvalue weighted by Gasteiger charge is 2.24. The van der Waals surface area contributed by atoms with Crippen LogP contribution in [0.25, 0.3) is 5.65 Å². The minimum Gasteiger partial charge on any atom is -0.386 e. The van der Waals surface area contributed by atoms with E-state index in [1.807, 2.05) is 6.07 Å². The number of nitrogens with two attached hydrogens (primary N) is 1. The number of amides is 2. The smallest absolute Gasteiger partial charge is 0.256 e. The molecule has 0 unspecified atom stereocenters. The molecule has 168 valence electrons. The lowest BCUT2D eigenvalue weighted by Gasteiger charge is -2.30. The van der Waals surface area contributed by atoms with Crippen molar-refractivity contribution in [2.75, 3.05) is 18.4 Å². The molecular weight excluding hydrogens is 408 g/mol. The minimum absolute atomic E-state index is 0.0638. The molecule has 3 heterocycles. The summed E-state index contributed by atoms with van der Waals surface area (Å²) in [6.07, 6.45) is 3.16. The third-order valence-corrected chi connectivity index (χ3v) is 5.90. The maximum Gasteiger partial charge on any atom is 0.256 e. The second-order valence-electron chi connectivity index (χ2n) is 8.78. The number of nitrogens with zero attached hydrogens (tertiary/aromatic N) is 4. The van der Waals surface area contributed by atoms with Gasteiger partial charge in [-0.3, -0.25) is 14.5 Å². The first kappa shape index (κ1) is 21.9. The maximum absolute atomic E-state index is 12.8. The van der Waals surface area contributed by atoms with Crippen LogP contribution in [0.5, 0.6) is 0 Å². The van der Waals surface area contributed by atoms with E-state index in [9.17, 15) is 14.7 Å². The van der Waals surface area contributed by atoms with E-state index in [1.54, 1.807) is 54.9 Å². The molecule has 1 fully saturated rings. The second kappa shape index (κ2) is 8.68. The maximum atomic E-state index is 12.8. The molecule has 0 saturated carbocycles. The Morgan fingerprint density at radius 2 is 1.88 bits per heavy atom. The van der Waals surface area contributed by atoms with Crippen LogP contribution in [-0.4, -0.2) is 49.5 Å². The summed E-state index contributed by atoms with van der Waals surface area (Å²) in [5.74, 6) is -0.136. The molecule has 2 aromatic heterocycles. The minimum atomic E-state index is -0.968. The van der Waals surface area contributed by atoms with Gasteiger partial charge in [-0.05, 0) is 57.5 Å². The lowest BCUT2D eigenvalue weighted by atomic mass is 9.96. The molecule has 32 heavy (non-hydrogen) atoms. The molecule has 1 aliphatic heterocycles. The van der Waals surface area contributed by atoms with Gasteiger partial charge in [0, 0.05) is 30.2 Å². The number of piperidine rings is 1. The van der Waals surface area contributed by atoms with Gasteiger partial charge in [0.1, 0.15) is 5.82 Å². The van der Waals surface area contributed by atoms with E-state index in [0.717, 1.165) is 37.2 Å². The third kappa shape index (κ3) is 4.79. The molecule has 9 heteroatoms. The van der Waals surface area contributed by atoms with Crippen molar-refractivity contribution in [2.24, 2.45) is 11.7 Å². The van der Waals surface area contributed by atoms with Gasteiger partial charge >= 0.3 is 0 Å². The number of benzene rings is 1. The SMILES string of the molecule is CC(C)(O)c1ccc(C(=O)Nc2cc(CN3CCC(C(N)=O)CC3)n3nccc3n2)cc1. The first-order chi connectivity index (χ1) is 15.2. The highest BCUT2D eigenvalue weighted by atomic mass is 16.3. The topological polar surface area (TPSA) is 126 Å². The molecule has 1 aliphatic rings. The number of primary amides is 1. The van der Waals surface area contributed by atoms with Crippen molar-refractivity contribution in [2.45, 2.75) is 38.8 Å². The summed E-state index contributed by atoms with van der Waals surface area (Å²) in [4.78, 5) is 30.9. The Balaban J connectivity index is 1.50. The summed E-state index contributed by atoms with van der Waals surface area (Å²) >= 11 is 0. The average Bonchev–Trinajstić information content (AvgIpc) is 3.22. The normalized spacial score (nSPS) is 15.7. The Kier molecular flexibility index (Phi) is 5.94. The quantitative estimate of drug-likeness (QED) is 0.542. The zero-order chi connectivity index (χ0) is 22.9. The van der Waals surface area contributed by atoms with E-state index < -0.39 is 5.60 Å². The zero-order valence-electron chi connectivity index (χ0n) is 18.3. The molecule has 4 rings (SSSR count). The number of hydrogen-bond acceptors (Lipinski definition) is 6. The fourth-order valence-electron chi connectivity index (χ4n) is 3.98. The van der Waals surface area contributed by atoms with Gasteiger partial charge in [0.2, 0.25) is 5.91 Å². The summed E-state index contributed by atoms with van der Waals surface area (Å²) in [6.45, 7) is 5.56. The number of carbonyl (C=O) groups excluding carboxylic acids is 2. The fourth-order valence-corrected chi connectivity index (χ4v) is 3.98. The van der Waals surface area contributed by atoms with Crippen LogP contribution in [0.4, 0.5) is 5.82 Å². The van der Waals surface area contributed by atoms with E-state index in [1.165, 1.54) is 0 Å². The zero-order valence-corrected chi connectivity index (χ0v) is 18.3. The molecule has 0 aliphatic carbocycles. The molecule has 0 bridgehead atoms. The molecule has 1 saturated heterocycles. The number of carbonyl (C=O) groups is 2. The van der Waals surface area contributed by atoms with Crippen LogP contribution >= 0.6 is 0 Å². The van der Waals surface area contributed by atoms with Crippen LogP contribution < -0.4 is 11.1 Å². The Morgan fingerprint density at radius 1 is 1.19 bits per heavy atom. The average molecular weight is 437 g/mol. The Labute approximate surface area is 186 Å². The largest absolute Gasteiger partial charge is 0.386 e. The number of aliphatic hydroxyl groups is 1. The predicted octanol–water partition coefficient (Wildman–Crippen LogP) is 1.91. The number of nitrogens with one attached hydrogen (secondary N) is 1. The van der Waals surface area contributed by atoms with E-state index in [4.69, 9.17) is 5.73 Å². The van der Waals surface area contributed by atoms with Gasteiger partial charge in [-0.2, -0.15) is 5.10 Å². The van der Waals surface area contributed by atoms with Gasteiger partial charge in [0.15, 0.2) is 5.65 Å². The van der Waals surface area contributed by atoms with Crippen molar-refractivity contribution in [1.82, 2.24) is 19.5 Å². The van der Waals surface area contributed by atoms with Crippen LogP contribution in [0, 0.1) is 5.92 Å². The predicted molar refractivity (Wildman–Crippen MR) is 120 cm³/mol. The van der Waals surface area contributed by atoms with Gasteiger partial charge in [0.05, 0.1) is 17.5 Å². The molecule has 0 spiro atoms. The van der Waals surface area contributed by atoms with Gasteiger partial charge in [-0.25, -0.2) is 9.50 Å². The standard InChI is InChI=1S/C23H28N6O3/c1-23(2,32)17-5-3-16(4-6-17)22(31)27-19-13-18(29-20(26-19)7-10-25-29)14-28-11-8-15(9-12-28)21(24)30/h3-7,10,13,15,32H,8-9,11-12,14H2,1-2H3,(H2,24,30)(H,26,27,31). The van der Waals surface area contributed by atoms with Gasteiger partial charge < -0.3 is 16.2 Å². The summed E-state index contributed by atoms with van der Waals surface area (Å²) in [5.41, 5.74) is 7.21. The van der Waals surface area contributed by atoms with E-state index >= 15 is 0 Å². The molecule has 1 aromatic carbocycles. The molecule has 3 aromatic rings. The molecule has 9 nitrogen and oxygen atoms in total. The Morgan fingerprint density at radius 3 is 2.50 bits per heavy atom. The van der Waals surface area contributed by atoms with E-state index in [0.29, 0.717) is 23.6 Å². The van der Waals surface area contributed by atoms with Gasteiger partial charge in [0.25, 0.3) is 5.91 Å². The van der Waals surface area contributed by atoms with Gasteiger partial charge in [-0.1, -0.05) is 12.1 Å². The molecule has 4 N–H and O–H groups in total. The fraction of sp³-hybridized carbons (Fsp3) is 0.391. The van der Waals surface area contributed by atoms with Crippen LogP contribution in [-0.2, 0) is 16.9 Å². The Hall–Kier alpha value is -3.30. The number of hydrogen-bond donors (Lipinski definition) is 3. The molecule has 2 amide bonds. The lowest BCUT2D eigenvalue weighted by Crippen LogP contribution is -2.38. The van der Waals surface area contributed by atoms with Crippen LogP contribution in [0.1, 0.15) is 48.3 Å². The van der Waals surface area contributed by atoms with Crippen molar-refractivity contribution in [3.05, 3.63) is 59.4 Å². The van der Waals surface area contributed by atoms with Crippen molar-refractivity contribution in [3.63, 3.8) is 0 Å². The van der Waals surface area contributed by atoms with Crippen molar-refractivity contribution < 1.29 is 14.7 Å². The number of fused-ring (bicyclic) bond motifs is 1. The second-order valence-corrected chi connectivity index (χ2v) is 8.78. The van der Waals surface area contributed by atoms with Crippen LogP contribution in [0.2, 0.25) is 0 Å². The summed E-state index contributed by atoms with van der Waals surface area (Å²) in [6, 6.07) is 10.5. The molecule has 0 radical (unpaired) electrons. The number of aromatic nitrogens is 3. The molecular formula is C23H28N6O3. The van der Waals surface area contributed by atoms with E-state index in [2.05, 4.69) is 20.3 Å². The highest BCUT2D eigenvalue weighted by Crippen LogP contribution is 2.22. The van der Waals surface area contributed by atoms with Crippen molar-refractivity contribution in [3.8, 4) is 0 Å². The number of likely N-dealkylation sites (tertiary alicyclic amines) is 1. The van der Waals surface area contributed by atoms with E-state index in [-0.39, 0.29) is 17.7 Å². The summed E-state index contributed by atoms with van der Waals surface area (Å²) in [7, 11) is 0. The summed E-state index contributed by atoms with van der Waals surface area (Å²) < 4.78 is 1.76.